The number of carbonyl (C=O) groups is 1. The SMILES string of the molecule is O=C(Nc1cccc(-c2nn[nH]n2)c1)[C@H]1Cc2cc(Cl)ccc2O1. The average Bonchev–Trinajstić information content (AvgIpc) is 3.24. The number of H-pyrrole nitrogens is 1. The van der Waals surface area contributed by atoms with Crippen LogP contribution in [0.3, 0.4) is 0 Å². The number of nitrogens with zero attached hydrogens (tertiary/aromatic N) is 3. The molecule has 0 bridgehead atoms. The molecule has 2 aromatic carbocycles. The number of hydrogen-bond donors (Lipinski definition) is 2. The van der Waals surface area contributed by atoms with Gasteiger partial charge in [0.2, 0.25) is 5.82 Å². The van der Waals surface area contributed by atoms with Crippen molar-refractivity contribution in [1.29, 1.82) is 0 Å². The number of aromatic amines is 1. The van der Waals surface area contributed by atoms with Crippen molar-refractivity contribution in [3.05, 3.63) is 53.1 Å². The summed E-state index contributed by atoms with van der Waals surface area (Å²) in [6.45, 7) is 0. The van der Waals surface area contributed by atoms with Crippen LogP contribution in [0.2, 0.25) is 5.02 Å². The molecule has 0 unspecified atom stereocenters. The van der Waals surface area contributed by atoms with Gasteiger partial charge in [0.25, 0.3) is 5.91 Å². The third-order valence-electron chi connectivity index (χ3n) is 3.72. The van der Waals surface area contributed by atoms with E-state index in [9.17, 15) is 4.79 Å². The van der Waals surface area contributed by atoms with E-state index < -0.39 is 6.10 Å². The lowest BCUT2D eigenvalue weighted by molar-refractivity contribution is -0.122. The third-order valence-corrected chi connectivity index (χ3v) is 3.96. The van der Waals surface area contributed by atoms with E-state index >= 15 is 0 Å². The number of halogens is 1. The highest BCUT2D eigenvalue weighted by molar-refractivity contribution is 6.30. The Morgan fingerprint density at radius 3 is 3.04 bits per heavy atom. The Bertz CT molecular complexity index is 897. The minimum Gasteiger partial charge on any atom is -0.480 e. The van der Waals surface area contributed by atoms with E-state index in [0.29, 0.717) is 28.7 Å². The molecule has 1 atom stereocenters. The minimum absolute atomic E-state index is 0.215. The molecule has 8 heteroatoms. The standard InChI is InChI=1S/C16H12ClN5O2/c17-11-4-5-13-10(6-11)8-14(24-13)16(23)18-12-3-1-2-9(7-12)15-19-21-22-20-15/h1-7,14H,8H2,(H,18,23)(H,19,20,21,22)/t14-/m1/s1. The summed E-state index contributed by atoms with van der Waals surface area (Å²) in [5.74, 6) is 0.943. The van der Waals surface area contributed by atoms with Gasteiger partial charge in [-0.05, 0) is 41.1 Å². The van der Waals surface area contributed by atoms with Gasteiger partial charge in [-0.1, -0.05) is 23.7 Å². The lowest BCUT2D eigenvalue weighted by Gasteiger charge is -2.11. The monoisotopic (exact) mass is 341 g/mol. The predicted molar refractivity (Wildman–Crippen MR) is 87.8 cm³/mol. The fraction of sp³-hybridized carbons (Fsp3) is 0.125. The molecule has 24 heavy (non-hydrogen) atoms. The highest BCUT2D eigenvalue weighted by Crippen LogP contribution is 2.31. The van der Waals surface area contributed by atoms with E-state index in [1.54, 1.807) is 24.3 Å². The van der Waals surface area contributed by atoms with Crippen LogP contribution >= 0.6 is 11.6 Å². The van der Waals surface area contributed by atoms with Crippen molar-refractivity contribution in [3.63, 3.8) is 0 Å². The first-order valence-electron chi connectivity index (χ1n) is 7.29. The molecule has 0 radical (unpaired) electrons. The summed E-state index contributed by atoms with van der Waals surface area (Å²) < 4.78 is 5.69. The number of anilines is 1. The van der Waals surface area contributed by atoms with Crippen molar-refractivity contribution in [3.8, 4) is 17.1 Å². The summed E-state index contributed by atoms with van der Waals surface area (Å²) in [7, 11) is 0. The fourth-order valence-electron chi connectivity index (χ4n) is 2.61. The molecule has 0 aliphatic carbocycles. The van der Waals surface area contributed by atoms with Crippen molar-refractivity contribution in [2.45, 2.75) is 12.5 Å². The Labute approximate surface area is 142 Å². The zero-order valence-corrected chi connectivity index (χ0v) is 13.1. The van der Waals surface area contributed by atoms with Gasteiger partial charge >= 0.3 is 0 Å². The first-order valence-corrected chi connectivity index (χ1v) is 7.67. The molecule has 2 heterocycles. The molecule has 1 amide bonds. The molecule has 1 aromatic heterocycles. The van der Waals surface area contributed by atoms with E-state index in [0.717, 1.165) is 11.1 Å². The average molecular weight is 342 g/mol. The number of aromatic nitrogens is 4. The summed E-state index contributed by atoms with van der Waals surface area (Å²) in [6.07, 6.45) is -0.0843. The largest absolute Gasteiger partial charge is 0.480 e. The number of carbonyl (C=O) groups excluding carboxylic acids is 1. The highest BCUT2D eigenvalue weighted by atomic mass is 35.5. The molecule has 120 valence electrons. The number of tetrazole rings is 1. The number of hydrogen-bond acceptors (Lipinski definition) is 5. The zero-order chi connectivity index (χ0) is 16.5. The molecule has 2 N–H and O–H groups in total. The number of rotatable bonds is 3. The van der Waals surface area contributed by atoms with E-state index in [4.69, 9.17) is 16.3 Å². The number of nitrogens with one attached hydrogen (secondary N) is 2. The molecule has 0 saturated carbocycles. The van der Waals surface area contributed by atoms with Crippen LogP contribution in [-0.4, -0.2) is 32.6 Å². The molecule has 3 aromatic rings. The van der Waals surface area contributed by atoms with Gasteiger partial charge in [0, 0.05) is 22.7 Å². The van der Waals surface area contributed by atoms with Crippen molar-refractivity contribution in [1.82, 2.24) is 20.6 Å². The highest BCUT2D eigenvalue weighted by Gasteiger charge is 2.29. The summed E-state index contributed by atoms with van der Waals surface area (Å²) in [5.41, 5.74) is 2.33. The van der Waals surface area contributed by atoms with Crippen molar-refractivity contribution in [2.75, 3.05) is 5.32 Å². The first-order chi connectivity index (χ1) is 11.7. The smallest absolute Gasteiger partial charge is 0.265 e. The van der Waals surface area contributed by atoms with Crippen molar-refractivity contribution in [2.24, 2.45) is 0 Å². The van der Waals surface area contributed by atoms with Crippen LogP contribution in [-0.2, 0) is 11.2 Å². The van der Waals surface area contributed by atoms with Gasteiger partial charge in [0.1, 0.15) is 5.75 Å². The van der Waals surface area contributed by atoms with Gasteiger partial charge in [-0.25, -0.2) is 0 Å². The summed E-state index contributed by atoms with van der Waals surface area (Å²) in [5, 5.41) is 17.3. The van der Waals surface area contributed by atoms with Crippen molar-refractivity contribution >= 4 is 23.2 Å². The molecule has 0 spiro atoms. The first kappa shape index (κ1) is 14.6. The van der Waals surface area contributed by atoms with Gasteiger partial charge in [0.05, 0.1) is 0 Å². The van der Waals surface area contributed by atoms with Crippen LogP contribution in [0.1, 0.15) is 5.56 Å². The Morgan fingerprint density at radius 1 is 1.29 bits per heavy atom. The maximum Gasteiger partial charge on any atom is 0.265 e. The summed E-state index contributed by atoms with van der Waals surface area (Å²) in [6, 6.07) is 12.6. The second-order valence-corrected chi connectivity index (χ2v) is 5.80. The Morgan fingerprint density at radius 2 is 2.21 bits per heavy atom. The lowest BCUT2D eigenvalue weighted by Crippen LogP contribution is -2.31. The van der Waals surface area contributed by atoms with Crippen LogP contribution < -0.4 is 10.1 Å². The quantitative estimate of drug-likeness (QED) is 0.763. The minimum atomic E-state index is -0.577. The van der Waals surface area contributed by atoms with E-state index in [1.165, 1.54) is 0 Å². The molecule has 0 saturated heterocycles. The maximum atomic E-state index is 12.4. The molecule has 7 nitrogen and oxygen atoms in total. The predicted octanol–water partition coefficient (Wildman–Crippen LogP) is 2.46. The third kappa shape index (κ3) is 2.81. The fourth-order valence-corrected chi connectivity index (χ4v) is 2.80. The normalized spacial score (nSPS) is 15.6. The summed E-state index contributed by atoms with van der Waals surface area (Å²) >= 11 is 5.97. The molecular formula is C16H12ClN5O2. The number of amides is 1. The van der Waals surface area contributed by atoms with Gasteiger partial charge in [-0.2, -0.15) is 5.21 Å². The van der Waals surface area contributed by atoms with Crippen LogP contribution in [0, 0.1) is 0 Å². The molecule has 1 aliphatic rings. The second kappa shape index (κ2) is 5.93. The molecule has 1 aliphatic heterocycles. The Hall–Kier alpha value is -2.93. The number of benzene rings is 2. The number of fused-ring (bicyclic) bond motifs is 1. The maximum absolute atomic E-state index is 12.4. The van der Waals surface area contributed by atoms with E-state index in [2.05, 4.69) is 25.9 Å². The number of ether oxygens (including phenoxy) is 1. The van der Waals surface area contributed by atoms with Crippen LogP contribution in [0.25, 0.3) is 11.4 Å². The van der Waals surface area contributed by atoms with Gasteiger partial charge in [-0.3, -0.25) is 4.79 Å². The van der Waals surface area contributed by atoms with Gasteiger partial charge in [-0.15, -0.1) is 10.2 Å². The topological polar surface area (TPSA) is 92.8 Å². The lowest BCUT2D eigenvalue weighted by atomic mass is 10.1. The zero-order valence-electron chi connectivity index (χ0n) is 12.4. The Balaban J connectivity index is 1.48. The molecular weight excluding hydrogens is 330 g/mol. The summed E-state index contributed by atoms with van der Waals surface area (Å²) in [4.78, 5) is 12.4. The van der Waals surface area contributed by atoms with Crippen LogP contribution in [0.5, 0.6) is 5.75 Å². The molecule has 0 fully saturated rings. The van der Waals surface area contributed by atoms with Crippen molar-refractivity contribution < 1.29 is 9.53 Å². The van der Waals surface area contributed by atoms with E-state index in [1.807, 2.05) is 18.2 Å². The Kier molecular flexibility index (Phi) is 3.62. The molecule has 4 rings (SSSR count). The second-order valence-electron chi connectivity index (χ2n) is 5.37. The van der Waals surface area contributed by atoms with Gasteiger partial charge in [0.15, 0.2) is 6.10 Å². The van der Waals surface area contributed by atoms with Gasteiger partial charge < -0.3 is 10.1 Å². The van der Waals surface area contributed by atoms with E-state index in [-0.39, 0.29) is 5.91 Å². The van der Waals surface area contributed by atoms with Crippen LogP contribution in [0.4, 0.5) is 5.69 Å². The van der Waals surface area contributed by atoms with Crippen LogP contribution in [0.15, 0.2) is 42.5 Å².